The van der Waals surface area contributed by atoms with Gasteiger partial charge in [0.15, 0.2) is 0 Å². The number of rotatable bonds is 16. The monoisotopic (exact) mass is 1900 g/mol. The Morgan fingerprint density at radius 1 is 0.150 bits per heavy atom. The molecule has 0 saturated carbocycles. The van der Waals surface area contributed by atoms with Gasteiger partial charge in [0, 0.05) is 109 Å². The quantitative estimate of drug-likeness (QED) is 0.0963. The molecule has 0 saturated heterocycles. The van der Waals surface area contributed by atoms with Gasteiger partial charge in [0.25, 0.3) is 0 Å². The van der Waals surface area contributed by atoms with Crippen molar-refractivity contribution in [3.63, 3.8) is 0 Å². The van der Waals surface area contributed by atoms with Crippen molar-refractivity contribution in [3.05, 3.63) is 549 Å². The number of benzene rings is 22. The number of hydrogen-bond acceptors (Lipinski definition) is 6. The molecule has 0 spiro atoms. The third kappa shape index (κ3) is 16.1. The first-order chi connectivity index (χ1) is 72.1. The van der Waals surface area contributed by atoms with Crippen LogP contribution in [-0.4, -0.2) is 0 Å². The summed E-state index contributed by atoms with van der Waals surface area (Å²) in [5, 5.41) is 7.23. The van der Waals surface area contributed by atoms with Gasteiger partial charge in [0.05, 0.1) is 0 Å². The molecule has 0 unspecified atom stereocenters. The van der Waals surface area contributed by atoms with Gasteiger partial charge in [-0.3, -0.25) is 0 Å². The van der Waals surface area contributed by atoms with Gasteiger partial charge in [-0.05, 0) is 308 Å². The molecule has 700 valence electrons. The van der Waals surface area contributed by atoms with E-state index in [9.17, 15) is 0 Å². The van der Waals surface area contributed by atoms with E-state index >= 15 is 0 Å². The van der Waals surface area contributed by atoms with Crippen LogP contribution >= 0.6 is 11.3 Å². The molecular weight excluding hydrogens is 1800 g/mol. The predicted molar refractivity (Wildman–Crippen MR) is 622 cm³/mol. The summed E-state index contributed by atoms with van der Waals surface area (Å²) in [7, 11) is 0. The van der Waals surface area contributed by atoms with E-state index in [0.717, 1.165) is 95.1 Å². The van der Waals surface area contributed by atoms with Crippen LogP contribution in [0.2, 0.25) is 0 Å². The highest BCUT2D eigenvalue weighted by atomic mass is 32.1. The van der Waals surface area contributed by atoms with Crippen LogP contribution in [-0.2, 0) is 16.2 Å². The summed E-state index contributed by atoms with van der Waals surface area (Å²) >= 11 is 1.86. The molecule has 0 atom stereocenters. The number of thiophene rings is 1. The van der Waals surface area contributed by atoms with Crippen LogP contribution in [0.25, 0.3) is 175 Å². The Morgan fingerprint density at radius 3 is 0.694 bits per heavy atom. The highest BCUT2D eigenvalue weighted by Gasteiger charge is 2.40. The summed E-state index contributed by atoms with van der Waals surface area (Å²) in [5.74, 6) is 0. The highest BCUT2D eigenvalue weighted by molar-refractivity contribution is 7.25. The first kappa shape index (κ1) is 89.2. The minimum atomic E-state index is -0.0941. The van der Waals surface area contributed by atoms with Gasteiger partial charge in [0.2, 0.25) is 0 Å². The van der Waals surface area contributed by atoms with Crippen LogP contribution < -0.4 is 14.7 Å². The Kier molecular flexibility index (Phi) is 22.1. The van der Waals surface area contributed by atoms with Gasteiger partial charge >= 0.3 is 0 Å². The van der Waals surface area contributed by atoms with Crippen molar-refractivity contribution in [2.24, 2.45) is 0 Å². The van der Waals surface area contributed by atoms with Crippen molar-refractivity contribution < 1.29 is 8.83 Å². The summed E-state index contributed by atoms with van der Waals surface area (Å²) in [6, 6.07) is 187. The summed E-state index contributed by atoms with van der Waals surface area (Å²) in [6.07, 6.45) is 0. The second-order valence-electron chi connectivity index (χ2n) is 40.6. The molecule has 0 N–H and O–H groups in total. The second-order valence-corrected chi connectivity index (χ2v) is 41.7. The maximum atomic E-state index is 6.11. The fourth-order valence-corrected chi connectivity index (χ4v) is 24.2. The maximum absolute atomic E-state index is 6.11. The Morgan fingerprint density at radius 2 is 0.367 bits per heavy atom. The fourth-order valence-electron chi connectivity index (χ4n) is 23.1. The van der Waals surface area contributed by atoms with Gasteiger partial charge in [-0.15, -0.1) is 11.3 Å². The van der Waals surface area contributed by atoms with Crippen LogP contribution in [0.1, 0.15) is 74.9 Å². The molecule has 3 aliphatic rings. The predicted octanol–water partition coefficient (Wildman–Crippen LogP) is 40.2. The molecule has 0 fully saturated rings. The molecule has 6 heteroatoms. The molecule has 3 aliphatic carbocycles. The van der Waals surface area contributed by atoms with Crippen molar-refractivity contribution in [1.29, 1.82) is 0 Å². The molecule has 3 aromatic heterocycles. The van der Waals surface area contributed by atoms with Crippen LogP contribution in [0.4, 0.5) is 51.2 Å². The van der Waals surface area contributed by atoms with E-state index < -0.39 is 0 Å². The van der Waals surface area contributed by atoms with E-state index in [4.69, 9.17) is 8.83 Å². The normalized spacial score (nSPS) is 13.0. The molecule has 0 bridgehead atoms. The minimum absolute atomic E-state index is 0.0703. The summed E-state index contributed by atoms with van der Waals surface area (Å²) < 4.78 is 14.9. The number of para-hydroxylation sites is 2. The number of fused-ring (bicyclic) bond motifs is 18. The number of hydrogen-bond donors (Lipinski definition) is 0. The van der Waals surface area contributed by atoms with E-state index in [1.165, 1.54) is 165 Å². The molecule has 25 aromatic rings. The number of nitrogens with zero attached hydrogens (tertiary/aromatic N) is 3. The molecule has 22 aromatic carbocycles. The van der Waals surface area contributed by atoms with Gasteiger partial charge in [-0.2, -0.15) is 0 Å². The first-order valence-electron chi connectivity index (χ1n) is 50.9. The Hall–Kier alpha value is -17.9. The van der Waals surface area contributed by atoms with E-state index in [0.29, 0.717) is 0 Å². The lowest BCUT2D eigenvalue weighted by molar-refractivity contribution is 0.660. The molecular formula is C141H103N3O2S. The van der Waals surface area contributed by atoms with Crippen LogP contribution in [0.15, 0.2) is 524 Å². The SMILES string of the molecule is CC1(C)c2ccccc2-c2ccc(N(c3ccc(-c4ccc(-c5ccccc5)cc4)cc3)c3ccc(-c4ccc5oc6ccccc6c5c4)cc3)cc21.CC1(C)c2ccccc2-c2ccc(N(c3ccc(-c4ccccc4)cc3)c3ccc(-c4ccc5oc6ccccc6c5c4)cc3)cc21.CC1(C)c2ccccc2-c2ccc(N(c3ccc(-c4ccccc4)cc3)c3ccc(-c4ccc5sc6ccccc6c5c4)cc3)cc21. The van der Waals surface area contributed by atoms with Gasteiger partial charge < -0.3 is 23.5 Å². The first-order valence-corrected chi connectivity index (χ1v) is 51.7. The minimum Gasteiger partial charge on any atom is -0.456 e. The van der Waals surface area contributed by atoms with Gasteiger partial charge in [0.1, 0.15) is 22.3 Å². The number of anilines is 9. The lowest BCUT2D eigenvalue weighted by Gasteiger charge is -2.28. The summed E-state index contributed by atoms with van der Waals surface area (Å²) in [6.45, 7) is 14.1. The third-order valence-corrected chi connectivity index (χ3v) is 32.1. The molecule has 0 amide bonds. The molecule has 3 heterocycles. The second kappa shape index (κ2) is 36.5. The van der Waals surface area contributed by atoms with Gasteiger partial charge in [-0.1, -0.05) is 393 Å². The Bertz CT molecular complexity index is 8980. The lowest BCUT2D eigenvalue weighted by Crippen LogP contribution is -2.16. The number of furan rings is 2. The summed E-state index contributed by atoms with van der Waals surface area (Å²) in [5.41, 5.74) is 46.7. The Labute approximate surface area is 861 Å². The molecule has 147 heavy (non-hydrogen) atoms. The van der Waals surface area contributed by atoms with Gasteiger partial charge in [-0.25, -0.2) is 0 Å². The Balaban J connectivity index is 0.000000112. The topological polar surface area (TPSA) is 36.0 Å². The third-order valence-electron chi connectivity index (χ3n) is 30.9. The average Bonchev–Trinajstić information content (AvgIpc) is 1.57. The highest BCUT2D eigenvalue weighted by Crippen LogP contribution is 2.56. The molecule has 28 rings (SSSR count). The van der Waals surface area contributed by atoms with E-state index in [-0.39, 0.29) is 16.2 Å². The van der Waals surface area contributed by atoms with Crippen molar-refractivity contribution in [2.45, 2.75) is 57.8 Å². The molecule has 0 radical (unpaired) electrons. The van der Waals surface area contributed by atoms with Crippen LogP contribution in [0.3, 0.4) is 0 Å². The van der Waals surface area contributed by atoms with Crippen molar-refractivity contribution >= 4 is 127 Å². The fraction of sp³-hybridized carbons (Fsp3) is 0.0638. The molecule has 5 nitrogen and oxygen atoms in total. The zero-order chi connectivity index (χ0) is 98.6. The van der Waals surface area contributed by atoms with E-state index in [2.05, 4.69) is 548 Å². The standard InChI is InChI=1S/C51H37NO.C45H33NO.C45H33NS/c1-51(2)47-14-8-6-12-43(47)44-30-29-42(33-48(44)51)52(40-25-20-37(21-26-40)36-18-16-35(17-19-36)34-10-4-3-5-11-34)41-27-22-38(23-28-41)39-24-31-50-46(32-39)45-13-7-9-15-49(45)53-50;2*1-45(2)41-14-8-6-12-37(41)38-26-25-36(29-42(38)45)46(34-21-16-31(17-22-34)30-10-4-3-5-11-30)35-23-18-32(19-24-35)33-20-27-44-40(28-33)39-13-7-9-15-43(39)47-44/h3-33H,1-2H3;2*3-29H,1-2H3. The smallest absolute Gasteiger partial charge is 0.135 e. The van der Waals surface area contributed by atoms with Crippen molar-refractivity contribution in [1.82, 2.24) is 0 Å². The van der Waals surface area contributed by atoms with Crippen molar-refractivity contribution in [3.8, 4) is 111 Å². The zero-order valence-electron chi connectivity index (χ0n) is 82.6. The largest absolute Gasteiger partial charge is 0.456 e. The van der Waals surface area contributed by atoms with Crippen LogP contribution in [0.5, 0.6) is 0 Å². The average molecular weight is 1900 g/mol. The van der Waals surface area contributed by atoms with E-state index in [1.807, 2.05) is 35.6 Å². The molecule has 0 aliphatic heterocycles. The maximum Gasteiger partial charge on any atom is 0.135 e. The summed E-state index contributed by atoms with van der Waals surface area (Å²) in [4.78, 5) is 7.16. The zero-order valence-corrected chi connectivity index (χ0v) is 83.5. The van der Waals surface area contributed by atoms with Crippen molar-refractivity contribution in [2.75, 3.05) is 14.7 Å². The lowest BCUT2D eigenvalue weighted by atomic mass is 9.82. The van der Waals surface area contributed by atoms with E-state index in [1.54, 1.807) is 0 Å². The van der Waals surface area contributed by atoms with Crippen LogP contribution in [0, 0.1) is 0 Å².